The molecule has 0 aromatic heterocycles. The van der Waals surface area contributed by atoms with Gasteiger partial charge >= 0.3 is 0 Å². The Morgan fingerprint density at radius 3 is 2.64 bits per heavy atom. The van der Waals surface area contributed by atoms with Gasteiger partial charge in [-0.25, -0.2) is 0 Å². The second kappa shape index (κ2) is 5.34. The van der Waals surface area contributed by atoms with E-state index in [-0.39, 0.29) is 0 Å². The maximum atomic E-state index is 7.47. The van der Waals surface area contributed by atoms with Gasteiger partial charge in [0.15, 0.2) is 0 Å². The van der Waals surface area contributed by atoms with Crippen LogP contribution >= 0.6 is 22.6 Å². The normalized spacial score (nSPS) is 9.93. The van der Waals surface area contributed by atoms with Gasteiger partial charge in [-0.1, -0.05) is 46.9 Å². The van der Waals surface area contributed by atoms with Crippen molar-refractivity contribution in [3.63, 3.8) is 0 Å². The monoisotopic (exact) mass is 302 g/mol. The lowest BCUT2D eigenvalue weighted by Crippen LogP contribution is -2.22. The highest BCUT2D eigenvalue weighted by Gasteiger charge is 2.00. The first kappa shape index (κ1) is 11.5. The van der Waals surface area contributed by atoms with Gasteiger partial charge in [0, 0.05) is 18.0 Å². The molecule has 1 aromatic rings. The molecule has 0 saturated carbocycles. The maximum Gasteiger partial charge on any atom is 0.0926 e. The van der Waals surface area contributed by atoms with Gasteiger partial charge in [0.2, 0.25) is 0 Å². The van der Waals surface area contributed by atoms with Crippen molar-refractivity contribution in [2.24, 2.45) is 0 Å². The average Bonchev–Trinajstić information content (AvgIpc) is 2.18. The Bertz CT molecular complexity index is 323. The van der Waals surface area contributed by atoms with E-state index in [4.69, 9.17) is 5.41 Å². The summed E-state index contributed by atoms with van der Waals surface area (Å²) >= 11 is 2.36. The fraction of sp³-hybridized carbons (Fsp3) is 0.364. The van der Waals surface area contributed by atoms with E-state index in [0.717, 1.165) is 11.0 Å². The molecule has 0 aliphatic rings. The lowest BCUT2D eigenvalue weighted by molar-refractivity contribution is 0.494. The summed E-state index contributed by atoms with van der Waals surface area (Å²) < 4.78 is 1.04. The Kier molecular flexibility index (Phi) is 4.38. The van der Waals surface area contributed by atoms with Crippen molar-refractivity contribution in [1.29, 1.82) is 5.41 Å². The number of halogens is 1. The molecule has 1 rings (SSSR count). The van der Waals surface area contributed by atoms with Crippen molar-refractivity contribution in [2.45, 2.75) is 17.9 Å². The Balaban J connectivity index is 2.71. The fourth-order valence-electron chi connectivity index (χ4n) is 1.20. The molecule has 0 aliphatic carbocycles. The molecule has 0 aliphatic heterocycles. The van der Waals surface area contributed by atoms with Gasteiger partial charge in [-0.15, -0.1) is 0 Å². The Hall–Kier alpha value is -0.580. The first-order chi connectivity index (χ1) is 6.63. The largest absolute Gasteiger partial charge is 0.360 e. The van der Waals surface area contributed by atoms with Crippen LogP contribution in [0.3, 0.4) is 0 Å². The molecule has 0 unspecified atom stereocenters. The van der Waals surface area contributed by atoms with E-state index < -0.39 is 0 Å². The van der Waals surface area contributed by atoms with Crippen molar-refractivity contribution >= 4 is 28.4 Å². The van der Waals surface area contributed by atoms with Gasteiger partial charge in [-0.05, 0) is 18.1 Å². The summed E-state index contributed by atoms with van der Waals surface area (Å²) in [4.78, 5) is 1.94. The molecule has 0 fully saturated rings. The lowest BCUT2D eigenvalue weighted by Gasteiger charge is -2.17. The summed E-state index contributed by atoms with van der Waals surface area (Å²) in [6, 6.07) is 8.52. The van der Waals surface area contributed by atoms with Crippen molar-refractivity contribution < 1.29 is 0 Å². The van der Waals surface area contributed by atoms with E-state index in [0.29, 0.717) is 5.84 Å². The van der Waals surface area contributed by atoms with Crippen LogP contribution in [0.5, 0.6) is 0 Å². The fourth-order valence-corrected chi connectivity index (χ4v) is 1.68. The summed E-state index contributed by atoms with van der Waals surface area (Å²) in [5.41, 5.74) is 2.62. The quantitative estimate of drug-likeness (QED) is 0.395. The van der Waals surface area contributed by atoms with Crippen LogP contribution < -0.4 is 0 Å². The van der Waals surface area contributed by atoms with Gasteiger partial charge < -0.3 is 4.90 Å². The molecule has 0 spiro atoms. The summed E-state index contributed by atoms with van der Waals surface area (Å²) in [5.74, 6) is 0.602. The second-order valence-electron chi connectivity index (χ2n) is 3.40. The van der Waals surface area contributed by atoms with Gasteiger partial charge in [0.1, 0.15) is 0 Å². The minimum atomic E-state index is 0.602. The summed E-state index contributed by atoms with van der Waals surface area (Å²) in [6.45, 7) is 2.63. The molecule has 1 aromatic carbocycles. The number of nitrogens with zero attached hydrogens (tertiary/aromatic N) is 1. The zero-order chi connectivity index (χ0) is 10.6. The molecule has 14 heavy (non-hydrogen) atoms. The molecule has 0 saturated heterocycles. The maximum absolute atomic E-state index is 7.47. The standard InChI is InChI=1S/C11H15IN2/c1-9(13)14(2)8-11-5-3-4-10(6-11)7-12/h3-6,13H,7-8H2,1-2H3. The van der Waals surface area contributed by atoms with Gasteiger partial charge in [0.05, 0.1) is 5.84 Å². The van der Waals surface area contributed by atoms with Crippen molar-refractivity contribution in [1.82, 2.24) is 4.90 Å². The van der Waals surface area contributed by atoms with Crippen molar-refractivity contribution in [3.05, 3.63) is 35.4 Å². The topological polar surface area (TPSA) is 27.1 Å². The molecule has 1 N–H and O–H groups in total. The number of benzene rings is 1. The molecule has 76 valence electrons. The van der Waals surface area contributed by atoms with Crippen LogP contribution in [0.15, 0.2) is 24.3 Å². The molecule has 2 nitrogen and oxygen atoms in total. The molecule has 3 heteroatoms. The third-order valence-corrected chi connectivity index (χ3v) is 3.02. The Morgan fingerprint density at radius 2 is 2.07 bits per heavy atom. The van der Waals surface area contributed by atoms with E-state index in [2.05, 4.69) is 46.9 Å². The molecular formula is C11H15IN2. The van der Waals surface area contributed by atoms with Crippen LogP contribution in [0.4, 0.5) is 0 Å². The van der Waals surface area contributed by atoms with Gasteiger partial charge in [0.25, 0.3) is 0 Å². The van der Waals surface area contributed by atoms with Crippen molar-refractivity contribution in [2.75, 3.05) is 7.05 Å². The predicted molar refractivity (Wildman–Crippen MR) is 69.0 cm³/mol. The zero-order valence-electron chi connectivity index (χ0n) is 8.55. The van der Waals surface area contributed by atoms with Crippen molar-refractivity contribution in [3.8, 4) is 0 Å². The predicted octanol–water partition coefficient (Wildman–Crippen LogP) is 3.05. The van der Waals surface area contributed by atoms with Crippen LogP contribution in [0.1, 0.15) is 18.1 Å². The second-order valence-corrected chi connectivity index (χ2v) is 4.16. The Labute approximate surface area is 99.0 Å². The Morgan fingerprint density at radius 1 is 1.43 bits per heavy atom. The number of hydrogen-bond donors (Lipinski definition) is 1. The number of hydrogen-bond acceptors (Lipinski definition) is 1. The summed E-state index contributed by atoms with van der Waals surface area (Å²) in [7, 11) is 1.94. The van der Waals surface area contributed by atoms with E-state index in [1.807, 2.05) is 18.9 Å². The minimum Gasteiger partial charge on any atom is -0.360 e. The van der Waals surface area contributed by atoms with E-state index in [9.17, 15) is 0 Å². The van der Waals surface area contributed by atoms with Crippen LogP contribution in [0.25, 0.3) is 0 Å². The minimum absolute atomic E-state index is 0.602. The first-order valence-electron chi connectivity index (χ1n) is 4.53. The molecule has 0 amide bonds. The number of nitrogens with one attached hydrogen (secondary N) is 1. The molecular weight excluding hydrogens is 287 g/mol. The SMILES string of the molecule is CC(=N)N(C)Cc1cccc(CI)c1. The van der Waals surface area contributed by atoms with Crippen LogP contribution in [0, 0.1) is 5.41 Å². The number of alkyl halides is 1. The van der Waals surface area contributed by atoms with Crippen LogP contribution in [-0.2, 0) is 11.0 Å². The number of rotatable bonds is 3. The highest BCUT2D eigenvalue weighted by molar-refractivity contribution is 14.1. The average molecular weight is 302 g/mol. The molecule has 0 radical (unpaired) electrons. The lowest BCUT2D eigenvalue weighted by atomic mass is 10.1. The molecule has 0 bridgehead atoms. The van der Waals surface area contributed by atoms with Crippen LogP contribution in [0.2, 0.25) is 0 Å². The van der Waals surface area contributed by atoms with Gasteiger partial charge in [-0.3, -0.25) is 5.41 Å². The zero-order valence-corrected chi connectivity index (χ0v) is 10.7. The van der Waals surface area contributed by atoms with E-state index in [1.54, 1.807) is 0 Å². The van der Waals surface area contributed by atoms with E-state index in [1.165, 1.54) is 11.1 Å². The first-order valence-corrected chi connectivity index (χ1v) is 6.06. The smallest absolute Gasteiger partial charge is 0.0926 e. The molecule has 0 heterocycles. The van der Waals surface area contributed by atoms with Crippen LogP contribution in [-0.4, -0.2) is 17.8 Å². The summed E-state index contributed by atoms with van der Waals surface area (Å²) in [5, 5.41) is 7.47. The van der Waals surface area contributed by atoms with E-state index >= 15 is 0 Å². The number of amidine groups is 1. The third-order valence-electron chi connectivity index (χ3n) is 2.14. The highest BCUT2D eigenvalue weighted by atomic mass is 127. The third kappa shape index (κ3) is 3.29. The highest BCUT2D eigenvalue weighted by Crippen LogP contribution is 2.10. The summed E-state index contributed by atoms with van der Waals surface area (Å²) in [6.07, 6.45) is 0. The molecule has 0 atom stereocenters. The van der Waals surface area contributed by atoms with Gasteiger partial charge in [-0.2, -0.15) is 0 Å².